The van der Waals surface area contributed by atoms with E-state index in [0.717, 1.165) is 32.2 Å². The second-order valence-electron chi connectivity index (χ2n) is 7.28. The molecule has 0 aromatic rings. The van der Waals surface area contributed by atoms with Crippen molar-refractivity contribution in [1.29, 1.82) is 0 Å². The van der Waals surface area contributed by atoms with Crippen molar-refractivity contribution in [2.75, 3.05) is 18.8 Å². The molecule has 0 radical (unpaired) electrons. The van der Waals surface area contributed by atoms with Crippen LogP contribution in [0.4, 0.5) is 0 Å². The highest BCUT2D eigenvalue weighted by Gasteiger charge is 2.29. The first-order valence-electron chi connectivity index (χ1n) is 8.45. The average Bonchev–Trinajstić information content (AvgIpc) is 2.44. The molecule has 128 valence electrons. The number of nitrogens with zero attached hydrogens (tertiary/aromatic N) is 1. The van der Waals surface area contributed by atoms with Gasteiger partial charge in [-0.3, -0.25) is 9.59 Å². The number of hydrogen-bond acceptors (Lipinski definition) is 3. The Morgan fingerprint density at radius 1 is 1.36 bits per heavy atom. The van der Waals surface area contributed by atoms with Crippen LogP contribution in [0.5, 0.6) is 0 Å². The summed E-state index contributed by atoms with van der Waals surface area (Å²) in [6, 6.07) is 0.222. The molecule has 5 heteroatoms. The Morgan fingerprint density at radius 3 is 2.64 bits per heavy atom. The number of piperidine rings is 1. The van der Waals surface area contributed by atoms with Crippen LogP contribution in [-0.2, 0) is 9.59 Å². The zero-order chi connectivity index (χ0) is 16.8. The number of hydrogen-bond donors (Lipinski definition) is 1. The van der Waals surface area contributed by atoms with Gasteiger partial charge in [-0.2, -0.15) is 0 Å². The highest BCUT2D eigenvalue weighted by Crippen LogP contribution is 2.24. The average molecular weight is 329 g/mol. The van der Waals surface area contributed by atoms with Crippen LogP contribution in [0.2, 0.25) is 0 Å². The lowest BCUT2D eigenvalue weighted by Gasteiger charge is -2.33. The summed E-state index contributed by atoms with van der Waals surface area (Å²) in [7, 11) is 0. The highest BCUT2D eigenvalue weighted by atomic mass is 32.2. The van der Waals surface area contributed by atoms with Gasteiger partial charge in [-0.25, -0.2) is 0 Å². The van der Waals surface area contributed by atoms with Crippen LogP contribution in [0.25, 0.3) is 0 Å². The standard InChI is InChI=1S/C17H32N2O2S/c1-6-8-13(2)18-16(21)14-9-7-10-19(11-14)15(20)12-22-17(3,4)5/h13-14H,6-12H2,1-5H3,(H,18,21). The van der Waals surface area contributed by atoms with Crippen molar-refractivity contribution in [2.45, 2.75) is 71.1 Å². The third-order valence-corrected chi connectivity index (χ3v) is 5.14. The molecular formula is C17H32N2O2S. The third-order valence-electron chi connectivity index (χ3n) is 3.88. The summed E-state index contributed by atoms with van der Waals surface area (Å²) in [5, 5.41) is 3.08. The first-order valence-corrected chi connectivity index (χ1v) is 9.43. The van der Waals surface area contributed by atoms with Crippen LogP contribution >= 0.6 is 11.8 Å². The van der Waals surface area contributed by atoms with E-state index in [9.17, 15) is 9.59 Å². The molecule has 0 aliphatic carbocycles. The first-order chi connectivity index (χ1) is 10.2. The summed E-state index contributed by atoms with van der Waals surface area (Å²) in [5.74, 6) is 0.738. The minimum Gasteiger partial charge on any atom is -0.353 e. The molecule has 2 amide bonds. The van der Waals surface area contributed by atoms with E-state index in [2.05, 4.69) is 33.0 Å². The SMILES string of the molecule is CCCC(C)NC(=O)C1CCCN(C(=O)CSC(C)(C)C)C1. The van der Waals surface area contributed by atoms with E-state index >= 15 is 0 Å². The molecule has 1 aliphatic heterocycles. The maximum atomic E-state index is 12.3. The Kier molecular flexibility index (Phi) is 7.74. The maximum Gasteiger partial charge on any atom is 0.232 e. The smallest absolute Gasteiger partial charge is 0.232 e. The Hall–Kier alpha value is -0.710. The Labute approximate surface area is 139 Å². The quantitative estimate of drug-likeness (QED) is 0.815. The van der Waals surface area contributed by atoms with Gasteiger partial charge in [-0.15, -0.1) is 11.8 Å². The fourth-order valence-electron chi connectivity index (χ4n) is 2.65. The molecule has 2 unspecified atom stereocenters. The van der Waals surface area contributed by atoms with Gasteiger partial charge < -0.3 is 10.2 Å². The summed E-state index contributed by atoms with van der Waals surface area (Å²) in [6.07, 6.45) is 3.89. The number of carbonyl (C=O) groups is 2. The van der Waals surface area contributed by atoms with Crippen LogP contribution in [0.15, 0.2) is 0 Å². The van der Waals surface area contributed by atoms with Crippen molar-refractivity contribution in [1.82, 2.24) is 10.2 Å². The molecule has 2 atom stereocenters. The second-order valence-corrected chi connectivity index (χ2v) is 9.08. The lowest BCUT2D eigenvalue weighted by Crippen LogP contribution is -2.47. The van der Waals surface area contributed by atoms with Gasteiger partial charge in [0.15, 0.2) is 0 Å². The van der Waals surface area contributed by atoms with E-state index in [1.807, 2.05) is 11.8 Å². The van der Waals surface area contributed by atoms with Crippen molar-refractivity contribution in [3.05, 3.63) is 0 Å². The molecule has 1 heterocycles. The molecule has 4 nitrogen and oxygen atoms in total. The number of nitrogens with one attached hydrogen (secondary N) is 1. The molecule has 22 heavy (non-hydrogen) atoms. The van der Waals surface area contributed by atoms with Crippen molar-refractivity contribution >= 4 is 23.6 Å². The van der Waals surface area contributed by atoms with E-state index in [-0.39, 0.29) is 28.5 Å². The Morgan fingerprint density at radius 2 is 2.05 bits per heavy atom. The van der Waals surface area contributed by atoms with Crippen molar-refractivity contribution < 1.29 is 9.59 Å². The van der Waals surface area contributed by atoms with Gasteiger partial charge in [0.25, 0.3) is 0 Å². The number of carbonyl (C=O) groups excluding carboxylic acids is 2. The van der Waals surface area contributed by atoms with Crippen molar-refractivity contribution in [2.24, 2.45) is 5.92 Å². The van der Waals surface area contributed by atoms with Gasteiger partial charge in [-0.1, -0.05) is 34.1 Å². The minimum atomic E-state index is -0.0448. The largest absolute Gasteiger partial charge is 0.353 e. The molecule has 0 aromatic heterocycles. The lowest BCUT2D eigenvalue weighted by atomic mass is 9.96. The first kappa shape index (κ1) is 19.3. The Balaban J connectivity index is 2.46. The summed E-state index contributed by atoms with van der Waals surface area (Å²) in [5.41, 5.74) is 0. The van der Waals surface area contributed by atoms with E-state index in [4.69, 9.17) is 0 Å². The minimum absolute atomic E-state index is 0.0448. The third kappa shape index (κ3) is 7.03. The normalized spacial score (nSPS) is 20.6. The zero-order valence-electron chi connectivity index (χ0n) is 14.8. The van der Waals surface area contributed by atoms with E-state index < -0.39 is 0 Å². The van der Waals surface area contributed by atoms with Gasteiger partial charge in [0, 0.05) is 23.9 Å². The van der Waals surface area contributed by atoms with Crippen LogP contribution in [-0.4, -0.2) is 46.3 Å². The van der Waals surface area contributed by atoms with E-state index in [1.54, 1.807) is 11.8 Å². The van der Waals surface area contributed by atoms with Crippen LogP contribution in [0, 0.1) is 5.92 Å². The summed E-state index contributed by atoms with van der Waals surface area (Å²) in [4.78, 5) is 26.5. The lowest BCUT2D eigenvalue weighted by molar-refractivity contribution is -0.133. The summed E-state index contributed by atoms with van der Waals surface area (Å²) in [6.45, 7) is 11.9. The van der Waals surface area contributed by atoms with E-state index in [1.165, 1.54) is 0 Å². The van der Waals surface area contributed by atoms with Crippen molar-refractivity contribution in [3.63, 3.8) is 0 Å². The van der Waals surface area contributed by atoms with Crippen LogP contribution < -0.4 is 5.32 Å². The zero-order valence-corrected chi connectivity index (χ0v) is 15.6. The highest BCUT2D eigenvalue weighted by molar-refractivity contribution is 8.01. The molecule has 0 bridgehead atoms. The van der Waals surface area contributed by atoms with Gasteiger partial charge in [0.2, 0.25) is 11.8 Å². The molecule has 1 rings (SSSR count). The summed E-state index contributed by atoms with van der Waals surface area (Å²) < 4.78 is 0.0950. The van der Waals surface area contributed by atoms with Gasteiger partial charge in [0.1, 0.15) is 0 Å². The van der Waals surface area contributed by atoms with Crippen molar-refractivity contribution in [3.8, 4) is 0 Å². The van der Waals surface area contributed by atoms with Crippen LogP contribution in [0.3, 0.4) is 0 Å². The molecule has 0 spiro atoms. The molecule has 1 aliphatic rings. The molecular weight excluding hydrogens is 296 g/mol. The maximum absolute atomic E-state index is 12.3. The fourth-order valence-corrected chi connectivity index (χ4v) is 3.39. The van der Waals surface area contributed by atoms with Gasteiger partial charge in [-0.05, 0) is 26.2 Å². The molecule has 0 saturated carbocycles. The van der Waals surface area contributed by atoms with Gasteiger partial charge in [0.05, 0.1) is 11.7 Å². The van der Waals surface area contributed by atoms with Crippen LogP contribution in [0.1, 0.15) is 60.3 Å². The number of likely N-dealkylation sites (tertiary alicyclic amines) is 1. The molecule has 1 saturated heterocycles. The summed E-state index contributed by atoms with van der Waals surface area (Å²) >= 11 is 1.67. The van der Waals surface area contributed by atoms with E-state index in [0.29, 0.717) is 12.3 Å². The Bertz CT molecular complexity index is 379. The molecule has 0 aromatic carbocycles. The predicted molar refractivity (Wildman–Crippen MR) is 94.0 cm³/mol. The van der Waals surface area contributed by atoms with Gasteiger partial charge >= 0.3 is 0 Å². The number of rotatable bonds is 6. The number of thioether (sulfide) groups is 1. The topological polar surface area (TPSA) is 49.4 Å². The predicted octanol–water partition coefficient (Wildman–Crippen LogP) is 3.06. The fraction of sp³-hybridized carbons (Fsp3) is 0.882. The monoisotopic (exact) mass is 328 g/mol. The number of amides is 2. The molecule has 1 N–H and O–H groups in total. The second kappa shape index (κ2) is 8.80. The molecule has 1 fully saturated rings.